The second kappa shape index (κ2) is 3.73. The fraction of sp³-hybridized carbons (Fsp3) is 0.375. The van der Waals surface area contributed by atoms with E-state index in [0.717, 1.165) is 18.6 Å². The smallest absolute Gasteiger partial charge is 0.396 e. The minimum atomic E-state index is -4.57. The Balaban J connectivity index is 2.89. The molecule has 1 atom stereocenters. The zero-order chi connectivity index (χ0) is 10.8. The van der Waals surface area contributed by atoms with Crippen LogP contribution in [-0.4, -0.2) is 17.3 Å². The predicted molar refractivity (Wildman–Crippen MR) is 39.8 cm³/mol. The molecule has 0 spiro atoms. The Kier molecular flexibility index (Phi) is 2.83. The van der Waals surface area contributed by atoms with Crippen molar-refractivity contribution in [1.82, 2.24) is 0 Å². The number of halogens is 3. The summed E-state index contributed by atoms with van der Waals surface area (Å²) in [6, 6.07) is 1.11. The van der Waals surface area contributed by atoms with Gasteiger partial charge < -0.3 is 9.52 Å². The summed E-state index contributed by atoms with van der Waals surface area (Å²) < 4.78 is 41.5. The molecule has 3 nitrogen and oxygen atoms in total. The molecule has 1 aromatic rings. The number of carbonyl (C=O) groups is 1. The summed E-state index contributed by atoms with van der Waals surface area (Å²) in [6.45, 7) is 0. The molecule has 0 aliphatic heterocycles. The van der Waals surface area contributed by atoms with Gasteiger partial charge >= 0.3 is 12.1 Å². The van der Waals surface area contributed by atoms with E-state index in [1.165, 1.54) is 0 Å². The highest BCUT2D eigenvalue weighted by Crippen LogP contribution is 2.37. The molecular formula is C8H7F3O3. The number of furan rings is 1. The topological polar surface area (TPSA) is 50.4 Å². The number of aliphatic carboxylic acids is 1. The lowest BCUT2D eigenvalue weighted by Gasteiger charge is -2.16. The van der Waals surface area contributed by atoms with Crippen molar-refractivity contribution in [1.29, 1.82) is 0 Å². The third kappa shape index (κ3) is 2.51. The molecule has 0 aliphatic carbocycles. The Morgan fingerprint density at radius 1 is 1.57 bits per heavy atom. The van der Waals surface area contributed by atoms with Crippen LogP contribution in [0.4, 0.5) is 13.2 Å². The average Bonchev–Trinajstić information content (AvgIpc) is 2.49. The second-order valence-corrected chi connectivity index (χ2v) is 2.75. The fourth-order valence-electron chi connectivity index (χ4n) is 1.07. The second-order valence-electron chi connectivity index (χ2n) is 2.75. The van der Waals surface area contributed by atoms with Crippen LogP contribution >= 0.6 is 0 Å². The third-order valence-corrected chi connectivity index (χ3v) is 1.72. The van der Waals surface area contributed by atoms with Crippen molar-refractivity contribution in [3.63, 3.8) is 0 Å². The number of alkyl halides is 3. The van der Waals surface area contributed by atoms with Crippen molar-refractivity contribution >= 4 is 5.97 Å². The lowest BCUT2D eigenvalue weighted by Crippen LogP contribution is -2.23. The van der Waals surface area contributed by atoms with E-state index in [-0.39, 0.29) is 5.56 Å². The van der Waals surface area contributed by atoms with Crippen LogP contribution in [0.1, 0.15) is 17.9 Å². The van der Waals surface area contributed by atoms with E-state index in [9.17, 15) is 18.0 Å². The van der Waals surface area contributed by atoms with Gasteiger partial charge in [0.25, 0.3) is 0 Å². The van der Waals surface area contributed by atoms with E-state index in [1.807, 2.05) is 0 Å². The van der Waals surface area contributed by atoms with E-state index < -0.39 is 24.5 Å². The molecule has 14 heavy (non-hydrogen) atoms. The van der Waals surface area contributed by atoms with Crippen LogP contribution in [0.2, 0.25) is 0 Å². The van der Waals surface area contributed by atoms with Crippen molar-refractivity contribution in [2.45, 2.75) is 18.5 Å². The molecule has 0 amide bonds. The first-order valence-corrected chi connectivity index (χ1v) is 3.72. The number of carboxylic acids is 1. The van der Waals surface area contributed by atoms with Crippen LogP contribution in [0.3, 0.4) is 0 Å². The molecule has 0 saturated carbocycles. The van der Waals surface area contributed by atoms with Gasteiger partial charge in [-0.05, 0) is 6.07 Å². The maximum absolute atomic E-state index is 12.3. The Morgan fingerprint density at radius 2 is 2.21 bits per heavy atom. The lowest BCUT2D eigenvalue weighted by atomic mass is 9.98. The van der Waals surface area contributed by atoms with Crippen LogP contribution in [0.25, 0.3) is 0 Å². The van der Waals surface area contributed by atoms with Crippen LogP contribution in [0.15, 0.2) is 23.0 Å². The predicted octanol–water partition coefficient (Wildman–Crippen LogP) is 2.40. The van der Waals surface area contributed by atoms with Gasteiger partial charge in [-0.1, -0.05) is 0 Å². The van der Waals surface area contributed by atoms with Crippen LogP contribution in [0, 0.1) is 0 Å². The molecule has 1 aromatic heterocycles. The monoisotopic (exact) mass is 208 g/mol. The summed E-state index contributed by atoms with van der Waals surface area (Å²) in [5, 5.41) is 8.32. The van der Waals surface area contributed by atoms with Crippen LogP contribution in [0.5, 0.6) is 0 Å². The van der Waals surface area contributed by atoms with Gasteiger partial charge in [-0.3, -0.25) is 4.79 Å². The number of hydrogen-bond donors (Lipinski definition) is 1. The number of carboxylic acid groups (broad SMARTS) is 1. The van der Waals surface area contributed by atoms with Gasteiger partial charge in [0.15, 0.2) is 0 Å². The zero-order valence-corrected chi connectivity index (χ0v) is 6.91. The van der Waals surface area contributed by atoms with E-state index >= 15 is 0 Å². The van der Waals surface area contributed by atoms with Crippen molar-refractivity contribution in [3.8, 4) is 0 Å². The Morgan fingerprint density at radius 3 is 2.57 bits per heavy atom. The fourth-order valence-corrected chi connectivity index (χ4v) is 1.07. The molecule has 0 aromatic carbocycles. The minimum Gasteiger partial charge on any atom is -0.481 e. The largest absolute Gasteiger partial charge is 0.481 e. The van der Waals surface area contributed by atoms with E-state index in [4.69, 9.17) is 5.11 Å². The highest BCUT2D eigenvalue weighted by Gasteiger charge is 2.42. The third-order valence-electron chi connectivity index (χ3n) is 1.72. The quantitative estimate of drug-likeness (QED) is 0.829. The van der Waals surface area contributed by atoms with Gasteiger partial charge in [0.05, 0.1) is 24.9 Å². The van der Waals surface area contributed by atoms with Gasteiger partial charge in [-0.2, -0.15) is 13.2 Å². The van der Waals surface area contributed by atoms with Gasteiger partial charge in [-0.15, -0.1) is 0 Å². The van der Waals surface area contributed by atoms with E-state index in [2.05, 4.69) is 4.42 Å². The normalized spacial score (nSPS) is 13.9. The molecule has 1 unspecified atom stereocenters. The Bertz CT molecular complexity index is 302. The van der Waals surface area contributed by atoms with Crippen molar-refractivity contribution in [2.24, 2.45) is 0 Å². The summed E-state index contributed by atoms with van der Waals surface area (Å²) >= 11 is 0. The lowest BCUT2D eigenvalue weighted by molar-refractivity contribution is -0.163. The highest BCUT2D eigenvalue weighted by atomic mass is 19.4. The Labute approximate surface area is 77.1 Å². The van der Waals surface area contributed by atoms with Crippen LogP contribution in [-0.2, 0) is 4.79 Å². The molecule has 1 N–H and O–H groups in total. The maximum Gasteiger partial charge on any atom is 0.396 e. The van der Waals surface area contributed by atoms with Crippen molar-refractivity contribution in [3.05, 3.63) is 24.2 Å². The standard InChI is InChI=1S/C8H7F3O3/c9-8(10,11)6(3-7(12)13)5-1-2-14-4-5/h1-2,4,6H,3H2,(H,12,13). The molecular weight excluding hydrogens is 201 g/mol. The average molecular weight is 208 g/mol. The molecule has 0 bridgehead atoms. The Hall–Kier alpha value is -1.46. The number of rotatable bonds is 3. The molecule has 1 rings (SSSR count). The SMILES string of the molecule is O=C(O)CC(c1ccoc1)C(F)(F)F. The first-order valence-electron chi connectivity index (χ1n) is 3.72. The maximum atomic E-state index is 12.3. The molecule has 0 aliphatic rings. The summed E-state index contributed by atoms with van der Waals surface area (Å²) in [6.07, 6.45) is -3.57. The number of hydrogen-bond acceptors (Lipinski definition) is 2. The van der Waals surface area contributed by atoms with Gasteiger partial charge in [0.1, 0.15) is 0 Å². The minimum absolute atomic E-state index is 0.167. The summed E-state index contributed by atoms with van der Waals surface area (Å²) in [4.78, 5) is 10.2. The molecule has 0 radical (unpaired) electrons. The van der Waals surface area contributed by atoms with Gasteiger partial charge in [-0.25, -0.2) is 0 Å². The van der Waals surface area contributed by atoms with Crippen molar-refractivity contribution < 1.29 is 27.5 Å². The molecule has 78 valence electrons. The molecule has 0 saturated heterocycles. The van der Waals surface area contributed by atoms with Crippen LogP contribution < -0.4 is 0 Å². The van der Waals surface area contributed by atoms with Gasteiger partial charge in [0, 0.05) is 5.56 Å². The summed E-state index contributed by atoms with van der Waals surface area (Å²) in [5.74, 6) is -3.49. The molecule has 6 heteroatoms. The van der Waals surface area contributed by atoms with E-state index in [0.29, 0.717) is 0 Å². The van der Waals surface area contributed by atoms with E-state index in [1.54, 1.807) is 0 Å². The van der Waals surface area contributed by atoms with Gasteiger partial charge in [0.2, 0.25) is 0 Å². The first-order chi connectivity index (χ1) is 6.41. The first kappa shape index (κ1) is 10.6. The molecule has 1 heterocycles. The summed E-state index contributed by atoms with van der Waals surface area (Å²) in [7, 11) is 0. The molecule has 0 fully saturated rings. The summed E-state index contributed by atoms with van der Waals surface area (Å²) in [5.41, 5.74) is -0.167. The zero-order valence-electron chi connectivity index (χ0n) is 6.91. The van der Waals surface area contributed by atoms with Crippen molar-refractivity contribution in [2.75, 3.05) is 0 Å². The highest BCUT2D eigenvalue weighted by molar-refractivity contribution is 5.68.